The van der Waals surface area contributed by atoms with Gasteiger partial charge in [0.25, 0.3) is 0 Å². The van der Waals surface area contributed by atoms with E-state index in [4.69, 9.17) is 0 Å². The van der Waals surface area contributed by atoms with Crippen LogP contribution in [0.4, 0.5) is 4.39 Å². The number of fused-ring (bicyclic) bond motifs is 1. The van der Waals surface area contributed by atoms with Crippen molar-refractivity contribution < 1.29 is 14.0 Å². The molecular formula is C15H16FN3O2. The van der Waals surface area contributed by atoms with Crippen LogP contribution in [0.5, 0.6) is 0 Å². The molecular weight excluding hydrogens is 273 g/mol. The smallest absolute Gasteiger partial charge is 0.235 e. The number of hydrogen-bond donors (Lipinski definition) is 2. The summed E-state index contributed by atoms with van der Waals surface area (Å²) in [6.07, 6.45) is 0.693. The van der Waals surface area contributed by atoms with Crippen LogP contribution in [0.3, 0.4) is 0 Å². The number of halogens is 1. The number of benzene rings is 1. The number of piperidine rings is 1. The fourth-order valence-electron chi connectivity index (χ4n) is 2.76. The van der Waals surface area contributed by atoms with Crippen LogP contribution in [-0.2, 0) is 9.59 Å². The summed E-state index contributed by atoms with van der Waals surface area (Å²) in [5.41, 5.74) is 1.42. The zero-order valence-corrected chi connectivity index (χ0v) is 11.9. The van der Waals surface area contributed by atoms with E-state index in [-0.39, 0.29) is 35.5 Å². The molecule has 1 saturated heterocycles. The number of carbonyl (C=O) groups excluding carboxylic acids is 2. The Hall–Kier alpha value is -2.24. The highest BCUT2D eigenvalue weighted by atomic mass is 19.1. The van der Waals surface area contributed by atoms with Crippen LogP contribution >= 0.6 is 0 Å². The second-order valence-corrected chi connectivity index (χ2v) is 5.66. The number of rotatable bonds is 2. The first-order valence-corrected chi connectivity index (χ1v) is 6.99. The van der Waals surface area contributed by atoms with E-state index in [0.29, 0.717) is 23.1 Å². The average molecular weight is 289 g/mol. The zero-order valence-electron chi connectivity index (χ0n) is 11.9. The van der Waals surface area contributed by atoms with Gasteiger partial charge >= 0.3 is 0 Å². The van der Waals surface area contributed by atoms with Gasteiger partial charge in [-0.3, -0.25) is 20.0 Å². The molecule has 1 fully saturated rings. The maximum absolute atomic E-state index is 14.4. The summed E-state index contributed by atoms with van der Waals surface area (Å²) < 4.78 is 14.4. The highest BCUT2D eigenvalue weighted by Gasteiger charge is 2.31. The van der Waals surface area contributed by atoms with Crippen LogP contribution in [0, 0.1) is 5.82 Å². The molecule has 3 rings (SSSR count). The standard InChI is InChI=1S/C15H16FN3O2/c1-7(2)8-3-4-9-13(18-19-14(9)12(8)16)10-5-6-11(20)17-15(10)21/h3-4,7,10H,5-6H2,1-2H3,(H,18,19)(H,17,20,21). The van der Waals surface area contributed by atoms with Crippen LogP contribution in [0.1, 0.15) is 49.8 Å². The molecule has 2 aromatic rings. The highest BCUT2D eigenvalue weighted by molar-refractivity contribution is 6.02. The van der Waals surface area contributed by atoms with Gasteiger partial charge in [0.1, 0.15) is 5.52 Å². The van der Waals surface area contributed by atoms with Gasteiger partial charge in [0.15, 0.2) is 5.82 Å². The van der Waals surface area contributed by atoms with E-state index in [9.17, 15) is 14.0 Å². The van der Waals surface area contributed by atoms with Crippen molar-refractivity contribution in [3.63, 3.8) is 0 Å². The van der Waals surface area contributed by atoms with Crippen LogP contribution in [0.15, 0.2) is 12.1 Å². The molecule has 1 aromatic heterocycles. The molecule has 2 heterocycles. The maximum Gasteiger partial charge on any atom is 0.235 e. The van der Waals surface area contributed by atoms with Crippen LogP contribution in [0.2, 0.25) is 0 Å². The number of aromatic amines is 1. The molecule has 1 aromatic carbocycles. The minimum atomic E-state index is -0.489. The molecule has 6 heteroatoms. The van der Waals surface area contributed by atoms with Crippen LogP contribution < -0.4 is 5.32 Å². The normalized spacial score (nSPS) is 19.3. The molecule has 5 nitrogen and oxygen atoms in total. The van der Waals surface area contributed by atoms with Crippen molar-refractivity contribution in [2.45, 2.75) is 38.5 Å². The predicted molar refractivity (Wildman–Crippen MR) is 75.3 cm³/mol. The number of imide groups is 1. The van der Waals surface area contributed by atoms with E-state index in [2.05, 4.69) is 15.5 Å². The lowest BCUT2D eigenvalue weighted by Crippen LogP contribution is -2.39. The Morgan fingerprint density at radius 1 is 1.33 bits per heavy atom. The van der Waals surface area contributed by atoms with Crippen molar-refractivity contribution in [3.8, 4) is 0 Å². The third-order valence-corrected chi connectivity index (χ3v) is 3.93. The number of hydrogen-bond acceptors (Lipinski definition) is 3. The van der Waals surface area contributed by atoms with Gasteiger partial charge in [0.05, 0.1) is 11.6 Å². The largest absolute Gasteiger partial charge is 0.296 e. The average Bonchev–Trinajstić information content (AvgIpc) is 2.83. The van der Waals surface area contributed by atoms with Gasteiger partial charge in [-0.1, -0.05) is 26.0 Å². The fraction of sp³-hybridized carbons (Fsp3) is 0.400. The number of nitrogens with one attached hydrogen (secondary N) is 2. The first-order valence-electron chi connectivity index (χ1n) is 6.99. The summed E-state index contributed by atoms with van der Waals surface area (Å²) in [6, 6.07) is 3.52. The molecule has 21 heavy (non-hydrogen) atoms. The Kier molecular flexibility index (Phi) is 3.23. The van der Waals surface area contributed by atoms with Gasteiger partial charge < -0.3 is 0 Å². The quantitative estimate of drug-likeness (QED) is 0.833. The maximum atomic E-state index is 14.4. The number of amides is 2. The molecule has 0 aliphatic carbocycles. The Labute approximate surface area is 120 Å². The van der Waals surface area contributed by atoms with Crippen molar-refractivity contribution in [2.24, 2.45) is 0 Å². The van der Waals surface area contributed by atoms with Gasteiger partial charge in [-0.15, -0.1) is 0 Å². The third-order valence-electron chi connectivity index (χ3n) is 3.93. The molecule has 1 atom stereocenters. The third kappa shape index (κ3) is 2.20. The van der Waals surface area contributed by atoms with Crippen molar-refractivity contribution >= 4 is 22.7 Å². The SMILES string of the molecule is CC(C)c1ccc2c(C3CCC(=O)NC3=O)[nH]nc2c1F. The Morgan fingerprint density at radius 2 is 2.10 bits per heavy atom. The van der Waals surface area contributed by atoms with Gasteiger partial charge in [-0.25, -0.2) is 4.39 Å². The van der Waals surface area contributed by atoms with Crippen molar-refractivity contribution in [1.82, 2.24) is 15.5 Å². The van der Waals surface area contributed by atoms with Gasteiger partial charge in [0, 0.05) is 11.8 Å². The van der Waals surface area contributed by atoms with Gasteiger partial charge in [0.2, 0.25) is 11.8 Å². The molecule has 1 aliphatic heterocycles. The molecule has 1 unspecified atom stereocenters. The summed E-state index contributed by atoms with van der Waals surface area (Å²) in [7, 11) is 0. The summed E-state index contributed by atoms with van der Waals surface area (Å²) in [5, 5.41) is 9.71. The highest BCUT2D eigenvalue weighted by Crippen LogP contribution is 2.32. The molecule has 1 aliphatic rings. The fourth-order valence-corrected chi connectivity index (χ4v) is 2.76. The van der Waals surface area contributed by atoms with E-state index in [0.717, 1.165) is 0 Å². The number of nitrogens with zero attached hydrogens (tertiary/aromatic N) is 1. The summed E-state index contributed by atoms with van der Waals surface area (Å²) in [4.78, 5) is 23.1. The van der Waals surface area contributed by atoms with E-state index in [1.54, 1.807) is 12.1 Å². The van der Waals surface area contributed by atoms with Crippen LogP contribution in [0.25, 0.3) is 10.9 Å². The first kappa shape index (κ1) is 13.7. The van der Waals surface area contributed by atoms with E-state index < -0.39 is 5.92 Å². The molecule has 0 saturated carbocycles. The van der Waals surface area contributed by atoms with Crippen molar-refractivity contribution in [1.29, 1.82) is 0 Å². The monoisotopic (exact) mass is 289 g/mol. The molecule has 2 N–H and O–H groups in total. The van der Waals surface area contributed by atoms with E-state index in [1.165, 1.54) is 0 Å². The summed E-state index contributed by atoms with van der Waals surface area (Å²) >= 11 is 0. The summed E-state index contributed by atoms with van der Waals surface area (Å²) in [5.74, 6) is -1.40. The first-order chi connectivity index (χ1) is 9.99. The van der Waals surface area contributed by atoms with Gasteiger partial charge in [-0.2, -0.15) is 5.10 Å². The van der Waals surface area contributed by atoms with Crippen molar-refractivity contribution in [3.05, 3.63) is 29.2 Å². The second kappa shape index (κ2) is 4.95. The van der Waals surface area contributed by atoms with E-state index >= 15 is 0 Å². The number of aromatic nitrogens is 2. The molecule has 0 bridgehead atoms. The Bertz CT molecular complexity index is 736. The number of carbonyl (C=O) groups is 2. The lowest BCUT2D eigenvalue weighted by Gasteiger charge is -2.19. The lowest BCUT2D eigenvalue weighted by atomic mass is 9.92. The predicted octanol–water partition coefficient (Wildman–Crippen LogP) is 2.35. The minimum Gasteiger partial charge on any atom is -0.296 e. The zero-order chi connectivity index (χ0) is 15.1. The topological polar surface area (TPSA) is 74.8 Å². The number of H-pyrrole nitrogens is 1. The van der Waals surface area contributed by atoms with Gasteiger partial charge in [-0.05, 0) is 17.9 Å². The van der Waals surface area contributed by atoms with E-state index in [1.807, 2.05) is 13.8 Å². The Balaban J connectivity index is 2.07. The molecule has 0 spiro atoms. The minimum absolute atomic E-state index is 0.0603. The molecule has 0 radical (unpaired) electrons. The van der Waals surface area contributed by atoms with Crippen LogP contribution in [-0.4, -0.2) is 22.0 Å². The molecule has 110 valence electrons. The second-order valence-electron chi connectivity index (χ2n) is 5.66. The Morgan fingerprint density at radius 3 is 2.76 bits per heavy atom. The lowest BCUT2D eigenvalue weighted by molar-refractivity contribution is -0.134. The van der Waals surface area contributed by atoms with Crippen molar-refractivity contribution in [2.75, 3.05) is 0 Å². The molecule has 2 amide bonds. The summed E-state index contributed by atoms with van der Waals surface area (Å²) in [6.45, 7) is 3.83.